The number of methoxy groups -OCH3 is 2. The summed E-state index contributed by atoms with van der Waals surface area (Å²) in [5, 5.41) is 2.69. The summed E-state index contributed by atoms with van der Waals surface area (Å²) >= 11 is 3.37. The van der Waals surface area contributed by atoms with Crippen molar-refractivity contribution in [3.05, 3.63) is 58.1 Å². The lowest BCUT2D eigenvalue weighted by Gasteiger charge is -2.10. The van der Waals surface area contributed by atoms with Crippen LogP contribution in [0.2, 0.25) is 0 Å². The van der Waals surface area contributed by atoms with Crippen molar-refractivity contribution in [3.63, 3.8) is 0 Å². The van der Waals surface area contributed by atoms with Gasteiger partial charge in [0.05, 0.1) is 14.2 Å². The molecule has 6 nitrogen and oxygen atoms in total. The van der Waals surface area contributed by atoms with E-state index in [1.807, 2.05) is 24.3 Å². The molecule has 0 atom stereocenters. The fourth-order valence-electron chi connectivity index (χ4n) is 2.07. The van der Waals surface area contributed by atoms with Crippen LogP contribution in [0.15, 0.2) is 46.9 Å². The lowest BCUT2D eigenvalue weighted by Crippen LogP contribution is -2.28. The topological polar surface area (TPSA) is 73.9 Å². The minimum absolute atomic E-state index is 0.225. The van der Waals surface area contributed by atoms with Crippen LogP contribution >= 0.6 is 15.9 Å². The van der Waals surface area contributed by atoms with Gasteiger partial charge in [0.2, 0.25) is 0 Å². The van der Waals surface area contributed by atoms with E-state index in [4.69, 9.17) is 14.2 Å². The zero-order valence-electron chi connectivity index (χ0n) is 13.9. The highest BCUT2D eigenvalue weighted by atomic mass is 79.9. The van der Waals surface area contributed by atoms with Gasteiger partial charge in [0, 0.05) is 17.1 Å². The number of esters is 1. The predicted molar refractivity (Wildman–Crippen MR) is 95.8 cm³/mol. The number of hydrogen-bond donors (Lipinski definition) is 1. The van der Waals surface area contributed by atoms with Crippen molar-refractivity contribution in [2.24, 2.45) is 0 Å². The maximum atomic E-state index is 12.1. The van der Waals surface area contributed by atoms with Gasteiger partial charge in [-0.2, -0.15) is 0 Å². The third-order valence-electron chi connectivity index (χ3n) is 3.34. The Morgan fingerprint density at radius 1 is 1.08 bits per heavy atom. The molecular formula is C18H18BrNO5. The Kier molecular flexibility index (Phi) is 6.82. The van der Waals surface area contributed by atoms with Gasteiger partial charge in [-0.3, -0.25) is 4.79 Å². The Morgan fingerprint density at radius 3 is 2.56 bits per heavy atom. The molecule has 0 aliphatic rings. The quantitative estimate of drug-likeness (QED) is 0.714. The zero-order valence-corrected chi connectivity index (χ0v) is 15.5. The molecule has 0 fully saturated rings. The summed E-state index contributed by atoms with van der Waals surface area (Å²) in [4.78, 5) is 24.0. The molecule has 1 amide bonds. The van der Waals surface area contributed by atoms with Crippen LogP contribution in [0.5, 0.6) is 11.5 Å². The number of hydrogen-bond acceptors (Lipinski definition) is 5. The molecule has 0 heterocycles. The molecule has 132 valence electrons. The number of carbonyl (C=O) groups excluding carboxylic acids is 2. The third-order valence-corrected chi connectivity index (χ3v) is 3.83. The smallest absolute Gasteiger partial charge is 0.342 e. The van der Waals surface area contributed by atoms with E-state index >= 15 is 0 Å². The summed E-state index contributed by atoms with van der Waals surface area (Å²) in [7, 11) is 2.96. The fraction of sp³-hybridized carbons (Fsp3) is 0.222. The first-order valence-electron chi connectivity index (χ1n) is 7.43. The van der Waals surface area contributed by atoms with Gasteiger partial charge in [0.25, 0.3) is 5.91 Å². The van der Waals surface area contributed by atoms with Crippen molar-refractivity contribution in [2.45, 2.75) is 6.54 Å². The number of ether oxygens (including phenoxy) is 3. The second kappa shape index (κ2) is 9.08. The van der Waals surface area contributed by atoms with E-state index in [-0.39, 0.29) is 18.1 Å². The van der Waals surface area contributed by atoms with E-state index in [0.717, 1.165) is 10.0 Å². The number of benzene rings is 2. The second-order valence-corrected chi connectivity index (χ2v) is 5.96. The van der Waals surface area contributed by atoms with Gasteiger partial charge in [0.15, 0.2) is 6.61 Å². The molecule has 0 saturated heterocycles. The molecule has 0 bridgehead atoms. The van der Waals surface area contributed by atoms with E-state index in [1.165, 1.54) is 20.3 Å². The number of carbonyl (C=O) groups is 2. The first kappa shape index (κ1) is 18.8. The average Bonchev–Trinajstić information content (AvgIpc) is 2.63. The lowest BCUT2D eigenvalue weighted by molar-refractivity contribution is -0.124. The maximum absolute atomic E-state index is 12.1. The van der Waals surface area contributed by atoms with E-state index in [1.54, 1.807) is 12.1 Å². The van der Waals surface area contributed by atoms with Crippen molar-refractivity contribution < 1.29 is 23.8 Å². The summed E-state index contributed by atoms with van der Waals surface area (Å²) < 4.78 is 16.2. The fourth-order valence-corrected chi connectivity index (χ4v) is 2.52. The summed E-state index contributed by atoms with van der Waals surface area (Å²) in [5.41, 5.74) is 1.16. The average molecular weight is 408 g/mol. The van der Waals surface area contributed by atoms with Crippen molar-refractivity contribution in [1.82, 2.24) is 5.32 Å². The van der Waals surface area contributed by atoms with Gasteiger partial charge >= 0.3 is 5.97 Å². The Morgan fingerprint density at radius 2 is 1.88 bits per heavy atom. The molecule has 0 aliphatic heterocycles. The first-order valence-corrected chi connectivity index (χ1v) is 8.23. The Hall–Kier alpha value is -2.54. The van der Waals surface area contributed by atoms with Crippen LogP contribution in [-0.2, 0) is 16.1 Å². The minimum atomic E-state index is -0.642. The van der Waals surface area contributed by atoms with Crippen LogP contribution in [0.1, 0.15) is 15.9 Å². The van der Waals surface area contributed by atoms with Crippen LogP contribution in [-0.4, -0.2) is 32.7 Å². The SMILES string of the molecule is COc1ccc(C(=O)OCC(=O)NCc2cccc(Br)c2)c(OC)c1. The van der Waals surface area contributed by atoms with Gasteiger partial charge in [-0.15, -0.1) is 0 Å². The molecule has 0 radical (unpaired) electrons. The van der Waals surface area contributed by atoms with Gasteiger partial charge < -0.3 is 19.5 Å². The molecule has 0 aromatic heterocycles. The van der Waals surface area contributed by atoms with Crippen molar-refractivity contribution in [1.29, 1.82) is 0 Å². The molecule has 0 saturated carbocycles. The number of nitrogens with one attached hydrogen (secondary N) is 1. The van der Waals surface area contributed by atoms with Crippen LogP contribution in [0.3, 0.4) is 0 Å². The van der Waals surface area contributed by atoms with E-state index in [9.17, 15) is 9.59 Å². The van der Waals surface area contributed by atoms with Gasteiger partial charge in [-0.1, -0.05) is 28.1 Å². The summed E-state index contributed by atoms with van der Waals surface area (Å²) in [5.74, 6) is -0.156. The molecule has 7 heteroatoms. The normalized spacial score (nSPS) is 10.0. The highest BCUT2D eigenvalue weighted by molar-refractivity contribution is 9.10. The molecule has 2 rings (SSSR count). The highest BCUT2D eigenvalue weighted by Crippen LogP contribution is 2.25. The van der Waals surface area contributed by atoms with Crippen LogP contribution in [0, 0.1) is 0 Å². The Labute approximate surface area is 154 Å². The van der Waals surface area contributed by atoms with Gasteiger partial charge in [0.1, 0.15) is 17.1 Å². The Balaban J connectivity index is 1.88. The van der Waals surface area contributed by atoms with Crippen LogP contribution in [0.25, 0.3) is 0 Å². The van der Waals surface area contributed by atoms with E-state index in [2.05, 4.69) is 21.2 Å². The largest absolute Gasteiger partial charge is 0.497 e. The van der Waals surface area contributed by atoms with Crippen LogP contribution in [0.4, 0.5) is 0 Å². The van der Waals surface area contributed by atoms with E-state index < -0.39 is 5.97 Å². The molecule has 0 unspecified atom stereocenters. The molecule has 25 heavy (non-hydrogen) atoms. The zero-order chi connectivity index (χ0) is 18.2. The lowest BCUT2D eigenvalue weighted by atomic mass is 10.2. The summed E-state index contributed by atoms with van der Waals surface area (Å²) in [6.07, 6.45) is 0. The van der Waals surface area contributed by atoms with E-state index in [0.29, 0.717) is 18.0 Å². The molecule has 1 N–H and O–H groups in total. The number of rotatable bonds is 7. The molecule has 0 aliphatic carbocycles. The monoisotopic (exact) mass is 407 g/mol. The minimum Gasteiger partial charge on any atom is -0.497 e. The first-order chi connectivity index (χ1) is 12.0. The standard InChI is InChI=1S/C18H18BrNO5/c1-23-14-6-7-15(16(9-14)24-2)18(22)25-11-17(21)20-10-12-4-3-5-13(19)8-12/h3-9H,10-11H2,1-2H3,(H,20,21). The van der Waals surface area contributed by atoms with Crippen molar-refractivity contribution >= 4 is 27.8 Å². The van der Waals surface area contributed by atoms with Crippen molar-refractivity contribution in [2.75, 3.05) is 20.8 Å². The Bertz CT molecular complexity index is 763. The number of halogens is 1. The molecule has 2 aromatic carbocycles. The second-order valence-electron chi connectivity index (χ2n) is 5.05. The molecule has 0 spiro atoms. The summed E-state index contributed by atoms with van der Waals surface area (Å²) in [6.45, 7) is -0.0241. The van der Waals surface area contributed by atoms with Crippen molar-refractivity contribution in [3.8, 4) is 11.5 Å². The van der Waals surface area contributed by atoms with Gasteiger partial charge in [-0.25, -0.2) is 4.79 Å². The predicted octanol–water partition coefficient (Wildman–Crippen LogP) is 2.94. The molecular weight excluding hydrogens is 390 g/mol. The number of amides is 1. The van der Waals surface area contributed by atoms with Gasteiger partial charge in [-0.05, 0) is 29.8 Å². The third kappa shape index (κ3) is 5.49. The highest BCUT2D eigenvalue weighted by Gasteiger charge is 2.16. The molecule has 2 aromatic rings. The summed E-state index contributed by atoms with van der Waals surface area (Å²) in [6, 6.07) is 12.3. The van der Waals surface area contributed by atoms with Crippen LogP contribution < -0.4 is 14.8 Å². The maximum Gasteiger partial charge on any atom is 0.342 e.